The molecule has 0 heterocycles. The second kappa shape index (κ2) is 8.05. The molecular formula is C15H22. The van der Waals surface area contributed by atoms with Gasteiger partial charge in [-0.25, -0.2) is 0 Å². The summed E-state index contributed by atoms with van der Waals surface area (Å²) in [7, 11) is 0. The Balaban J connectivity index is 0.000000442. The lowest BCUT2D eigenvalue weighted by Crippen LogP contribution is -1.73. The molecule has 15 heavy (non-hydrogen) atoms. The summed E-state index contributed by atoms with van der Waals surface area (Å²) in [6.07, 6.45) is 0. The van der Waals surface area contributed by atoms with Crippen LogP contribution in [-0.2, 0) is 0 Å². The van der Waals surface area contributed by atoms with Gasteiger partial charge in [0.15, 0.2) is 0 Å². The standard InChI is InChI=1S/C11H10.2C2H6/c1-9-6-7-10-4-2-3-5-11(10)8-9;2*1-2/h2-8H,1H3;2*1-2H3. The van der Waals surface area contributed by atoms with Crippen LogP contribution in [0.5, 0.6) is 0 Å². The van der Waals surface area contributed by atoms with E-state index >= 15 is 0 Å². The van der Waals surface area contributed by atoms with Gasteiger partial charge in [0, 0.05) is 0 Å². The highest BCUT2D eigenvalue weighted by Gasteiger charge is 1.89. The fourth-order valence-electron chi connectivity index (χ4n) is 1.31. The Morgan fingerprint density at radius 2 is 1.20 bits per heavy atom. The van der Waals surface area contributed by atoms with Crippen LogP contribution < -0.4 is 0 Å². The maximum Gasteiger partial charge on any atom is -0.0181 e. The molecule has 0 aliphatic carbocycles. The number of rotatable bonds is 0. The third kappa shape index (κ3) is 4.16. The predicted molar refractivity (Wildman–Crippen MR) is 71.4 cm³/mol. The normalized spacial score (nSPS) is 8.33. The number of hydrogen-bond donors (Lipinski definition) is 0. The summed E-state index contributed by atoms with van der Waals surface area (Å²) in [6, 6.07) is 14.9. The number of fused-ring (bicyclic) bond motifs is 1. The van der Waals surface area contributed by atoms with Gasteiger partial charge in [-0.1, -0.05) is 75.7 Å². The third-order valence-corrected chi connectivity index (χ3v) is 1.90. The first-order valence-corrected chi connectivity index (χ1v) is 5.82. The maximum atomic E-state index is 2.20. The monoisotopic (exact) mass is 202 g/mol. The molecule has 0 aromatic heterocycles. The molecule has 0 aliphatic heterocycles. The highest BCUT2D eigenvalue weighted by molar-refractivity contribution is 5.82. The van der Waals surface area contributed by atoms with Gasteiger partial charge in [0.05, 0.1) is 0 Å². The molecule has 2 aromatic rings. The molecule has 0 atom stereocenters. The van der Waals surface area contributed by atoms with Gasteiger partial charge in [0.25, 0.3) is 0 Å². The summed E-state index contributed by atoms with van der Waals surface area (Å²) in [5.41, 5.74) is 1.32. The lowest BCUT2D eigenvalue weighted by molar-refractivity contribution is 1.50. The van der Waals surface area contributed by atoms with Gasteiger partial charge in [0.1, 0.15) is 0 Å². The second-order valence-corrected chi connectivity index (χ2v) is 2.85. The Labute approximate surface area is 93.9 Å². The summed E-state index contributed by atoms with van der Waals surface area (Å²) >= 11 is 0. The Hall–Kier alpha value is -1.30. The zero-order valence-corrected chi connectivity index (χ0v) is 10.5. The van der Waals surface area contributed by atoms with Crippen molar-refractivity contribution in [2.24, 2.45) is 0 Å². The van der Waals surface area contributed by atoms with E-state index in [-0.39, 0.29) is 0 Å². The highest BCUT2D eigenvalue weighted by atomic mass is 13.9. The first-order chi connectivity index (χ1) is 7.36. The smallest absolute Gasteiger partial charge is 0.0181 e. The van der Waals surface area contributed by atoms with E-state index in [9.17, 15) is 0 Å². The number of benzene rings is 2. The average Bonchev–Trinajstić information content (AvgIpc) is 2.34. The lowest BCUT2D eigenvalue weighted by atomic mass is 10.1. The van der Waals surface area contributed by atoms with Crippen LogP contribution in [0.15, 0.2) is 42.5 Å². The third-order valence-electron chi connectivity index (χ3n) is 1.90. The molecule has 0 unspecified atom stereocenters. The van der Waals surface area contributed by atoms with E-state index in [0.717, 1.165) is 0 Å². The summed E-state index contributed by atoms with van der Waals surface area (Å²) in [4.78, 5) is 0. The van der Waals surface area contributed by atoms with Gasteiger partial charge in [-0.2, -0.15) is 0 Å². The van der Waals surface area contributed by atoms with Gasteiger partial charge >= 0.3 is 0 Å². The quantitative estimate of drug-likeness (QED) is 0.550. The fraction of sp³-hybridized carbons (Fsp3) is 0.333. The van der Waals surface area contributed by atoms with Crippen molar-refractivity contribution >= 4 is 10.8 Å². The minimum Gasteiger partial charge on any atom is -0.0683 e. The Bertz CT molecular complexity index is 374. The maximum absolute atomic E-state index is 2.20. The topological polar surface area (TPSA) is 0 Å². The molecule has 0 spiro atoms. The molecule has 0 radical (unpaired) electrons. The van der Waals surface area contributed by atoms with Crippen LogP contribution in [0.3, 0.4) is 0 Å². The predicted octanol–water partition coefficient (Wildman–Crippen LogP) is 5.20. The largest absolute Gasteiger partial charge is 0.0683 e. The molecule has 0 fully saturated rings. The summed E-state index contributed by atoms with van der Waals surface area (Å²) in [5, 5.41) is 2.64. The van der Waals surface area contributed by atoms with E-state index in [1.165, 1.54) is 16.3 Å². The van der Waals surface area contributed by atoms with Gasteiger partial charge in [-0.3, -0.25) is 0 Å². The molecule has 0 saturated heterocycles. The van der Waals surface area contributed by atoms with Crippen LogP contribution in [0, 0.1) is 6.92 Å². The van der Waals surface area contributed by atoms with Crippen LogP contribution in [0.1, 0.15) is 33.3 Å². The second-order valence-electron chi connectivity index (χ2n) is 2.85. The van der Waals surface area contributed by atoms with Crippen LogP contribution in [0.4, 0.5) is 0 Å². The fourth-order valence-corrected chi connectivity index (χ4v) is 1.31. The average molecular weight is 202 g/mol. The van der Waals surface area contributed by atoms with Gasteiger partial charge in [0.2, 0.25) is 0 Å². The van der Waals surface area contributed by atoms with Crippen molar-refractivity contribution in [1.29, 1.82) is 0 Å². The molecule has 0 N–H and O–H groups in total. The molecular weight excluding hydrogens is 180 g/mol. The van der Waals surface area contributed by atoms with Crippen molar-refractivity contribution in [1.82, 2.24) is 0 Å². The zero-order valence-electron chi connectivity index (χ0n) is 10.5. The zero-order chi connectivity index (χ0) is 11.7. The van der Waals surface area contributed by atoms with E-state index in [1.54, 1.807) is 0 Å². The molecule has 0 heteroatoms. The Morgan fingerprint density at radius 3 is 1.80 bits per heavy atom. The minimum atomic E-state index is 1.32. The van der Waals surface area contributed by atoms with E-state index in [0.29, 0.717) is 0 Å². The van der Waals surface area contributed by atoms with E-state index in [4.69, 9.17) is 0 Å². The molecule has 0 amide bonds. The van der Waals surface area contributed by atoms with Crippen molar-refractivity contribution in [3.63, 3.8) is 0 Å². The van der Waals surface area contributed by atoms with Gasteiger partial charge in [-0.05, 0) is 17.7 Å². The van der Waals surface area contributed by atoms with Crippen molar-refractivity contribution in [3.05, 3.63) is 48.0 Å². The van der Waals surface area contributed by atoms with Crippen molar-refractivity contribution in [2.75, 3.05) is 0 Å². The first kappa shape index (κ1) is 13.7. The molecule has 0 saturated carbocycles. The highest BCUT2D eigenvalue weighted by Crippen LogP contribution is 2.14. The number of aryl methyl sites for hydroxylation is 1. The summed E-state index contributed by atoms with van der Waals surface area (Å²) in [5.74, 6) is 0. The molecule has 0 bridgehead atoms. The molecule has 0 nitrogen and oxygen atoms in total. The minimum absolute atomic E-state index is 1.32. The van der Waals surface area contributed by atoms with Crippen LogP contribution in [-0.4, -0.2) is 0 Å². The van der Waals surface area contributed by atoms with Crippen molar-refractivity contribution in [3.8, 4) is 0 Å². The van der Waals surface area contributed by atoms with Crippen molar-refractivity contribution in [2.45, 2.75) is 34.6 Å². The van der Waals surface area contributed by atoms with E-state index in [2.05, 4.69) is 49.4 Å². The molecule has 0 aliphatic rings. The number of hydrogen-bond acceptors (Lipinski definition) is 0. The summed E-state index contributed by atoms with van der Waals surface area (Å²) in [6.45, 7) is 10.1. The Morgan fingerprint density at radius 1 is 0.667 bits per heavy atom. The van der Waals surface area contributed by atoms with Crippen LogP contribution in [0.25, 0.3) is 10.8 Å². The molecule has 2 rings (SSSR count). The van der Waals surface area contributed by atoms with Gasteiger partial charge < -0.3 is 0 Å². The SMILES string of the molecule is CC.CC.Cc1ccc2ccccc2c1. The van der Waals surface area contributed by atoms with Crippen molar-refractivity contribution < 1.29 is 0 Å². The van der Waals surface area contributed by atoms with E-state index in [1.807, 2.05) is 27.7 Å². The van der Waals surface area contributed by atoms with Crippen LogP contribution >= 0.6 is 0 Å². The van der Waals surface area contributed by atoms with Gasteiger partial charge in [-0.15, -0.1) is 0 Å². The van der Waals surface area contributed by atoms with E-state index < -0.39 is 0 Å². The first-order valence-electron chi connectivity index (χ1n) is 5.82. The molecule has 82 valence electrons. The van der Waals surface area contributed by atoms with Crippen LogP contribution in [0.2, 0.25) is 0 Å². The Kier molecular flexibility index (Phi) is 7.35. The molecule has 2 aromatic carbocycles. The lowest BCUT2D eigenvalue weighted by Gasteiger charge is -1.96. The summed E-state index contributed by atoms with van der Waals surface area (Å²) < 4.78 is 0.